The molecule has 0 spiro atoms. The highest BCUT2D eigenvalue weighted by Gasteiger charge is 2.11. The molecule has 138 valence electrons. The van der Waals surface area contributed by atoms with Crippen LogP contribution in [0.5, 0.6) is 0 Å². The minimum atomic E-state index is 0.812. The minimum absolute atomic E-state index is 0.812. The van der Waals surface area contributed by atoms with Gasteiger partial charge >= 0.3 is 0 Å². The van der Waals surface area contributed by atoms with Gasteiger partial charge in [-0.1, -0.05) is 36.4 Å². The van der Waals surface area contributed by atoms with E-state index in [1.54, 1.807) is 0 Å². The molecule has 4 rings (SSSR count). The highest BCUT2D eigenvalue weighted by molar-refractivity contribution is 5.74. The zero-order chi connectivity index (χ0) is 18.5. The van der Waals surface area contributed by atoms with Crippen LogP contribution in [0.3, 0.4) is 0 Å². The SMILES string of the molecule is Cc1ccccc1CN(CCCn1ccnc1)Cc1nc2ccccc2[nH]1. The number of nitrogens with one attached hydrogen (secondary N) is 1. The summed E-state index contributed by atoms with van der Waals surface area (Å²) >= 11 is 0. The summed E-state index contributed by atoms with van der Waals surface area (Å²) in [5.41, 5.74) is 4.83. The molecule has 0 atom stereocenters. The maximum absolute atomic E-state index is 4.76. The Kier molecular flexibility index (Phi) is 5.30. The summed E-state index contributed by atoms with van der Waals surface area (Å²) in [6.45, 7) is 5.90. The zero-order valence-electron chi connectivity index (χ0n) is 15.7. The topological polar surface area (TPSA) is 49.7 Å². The van der Waals surface area contributed by atoms with Crippen LogP contribution in [0.25, 0.3) is 11.0 Å². The molecule has 0 aliphatic carbocycles. The lowest BCUT2D eigenvalue weighted by Gasteiger charge is -2.22. The number of hydrogen-bond donors (Lipinski definition) is 1. The van der Waals surface area contributed by atoms with E-state index in [0.29, 0.717) is 0 Å². The van der Waals surface area contributed by atoms with E-state index >= 15 is 0 Å². The van der Waals surface area contributed by atoms with Crippen LogP contribution in [0, 0.1) is 6.92 Å². The molecule has 0 saturated heterocycles. The number of nitrogens with zero attached hydrogens (tertiary/aromatic N) is 4. The van der Waals surface area contributed by atoms with Gasteiger partial charge in [0.2, 0.25) is 0 Å². The first kappa shape index (κ1) is 17.5. The van der Waals surface area contributed by atoms with Crippen molar-refractivity contribution in [2.24, 2.45) is 0 Å². The van der Waals surface area contributed by atoms with E-state index in [9.17, 15) is 0 Å². The molecule has 0 saturated carbocycles. The van der Waals surface area contributed by atoms with Gasteiger partial charge in [0.1, 0.15) is 5.82 Å². The quantitative estimate of drug-likeness (QED) is 0.514. The fraction of sp³-hybridized carbons (Fsp3) is 0.273. The first-order valence-electron chi connectivity index (χ1n) is 9.44. The summed E-state index contributed by atoms with van der Waals surface area (Å²) < 4.78 is 2.13. The average Bonchev–Trinajstić information content (AvgIpc) is 3.32. The Balaban J connectivity index is 1.48. The smallest absolute Gasteiger partial charge is 0.121 e. The van der Waals surface area contributed by atoms with Crippen molar-refractivity contribution in [1.82, 2.24) is 24.4 Å². The Hall–Kier alpha value is -2.92. The number of fused-ring (bicyclic) bond motifs is 1. The number of rotatable bonds is 8. The monoisotopic (exact) mass is 359 g/mol. The van der Waals surface area contributed by atoms with Crippen LogP contribution in [-0.4, -0.2) is 31.0 Å². The third-order valence-electron chi connectivity index (χ3n) is 4.92. The maximum Gasteiger partial charge on any atom is 0.121 e. The van der Waals surface area contributed by atoms with Crippen molar-refractivity contribution in [2.75, 3.05) is 6.54 Å². The van der Waals surface area contributed by atoms with Crippen molar-refractivity contribution in [1.29, 1.82) is 0 Å². The van der Waals surface area contributed by atoms with E-state index in [4.69, 9.17) is 4.98 Å². The fourth-order valence-corrected chi connectivity index (χ4v) is 3.43. The summed E-state index contributed by atoms with van der Waals surface area (Å²) in [7, 11) is 0. The Bertz CT molecular complexity index is 954. The van der Waals surface area contributed by atoms with Crippen molar-refractivity contribution in [2.45, 2.75) is 33.0 Å². The van der Waals surface area contributed by atoms with Gasteiger partial charge in [-0.3, -0.25) is 4.90 Å². The first-order chi connectivity index (χ1) is 13.3. The summed E-state index contributed by atoms with van der Waals surface area (Å²) in [6.07, 6.45) is 6.80. The van der Waals surface area contributed by atoms with Crippen LogP contribution in [0.2, 0.25) is 0 Å². The van der Waals surface area contributed by atoms with Crippen molar-refractivity contribution in [3.8, 4) is 0 Å². The lowest BCUT2D eigenvalue weighted by atomic mass is 10.1. The van der Waals surface area contributed by atoms with E-state index in [0.717, 1.165) is 49.5 Å². The van der Waals surface area contributed by atoms with Gasteiger partial charge in [0.05, 0.1) is 23.9 Å². The summed E-state index contributed by atoms with van der Waals surface area (Å²) in [6, 6.07) is 16.8. The predicted octanol–water partition coefficient (Wildman–Crippen LogP) is 4.16. The van der Waals surface area contributed by atoms with Gasteiger partial charge in [-0.05, 0) is 36.6 Å². The van der Waals surface area contributed by atoms with Crippen molar-refractivity contribution < 1.29 is 0 Å². The minimum Gasteiger partial charge on any atom is -0.341 e. The summed E-state index contributed by atoms with van der Waals surface area (Å²) in [4.78, 5) is 14.8. The van der Waals surface area contributed by atoms with E-state index in [1.807, 2.05) is 30.9 Å². The number of para-hydroxylation sites is 2. The van der Waals surface area contributed by atoms with Crippen LogP contribution in [0.15, 0.2) is 67.3 Å². The number of hydrogen-bond acceptors (Lipinski definition) is 3. The molecule has 0 unspecified atom stereocenters. The van der Waals surface area contributed by atoms with Gasteiger partial charge in [-0.15, -0.1) is 0 Å². The molecule has 5 heteroatoms. The van der Waals surface area contributed by atoms with Gasteiger partial charge < -0.3 is 9.55 Å². The largest absolute Gasteiger partial charge is 0.341 e. The Morgan fingerprint density at radius 2 is 1.89 bits per heavy atom. The van der Waals surface area contributed by atoms with E-state index in [1.165, 1.54) is 11.1 Å². The second-order valence-corrected chi connectivity index (χ2v) is 6.99. The molecule has 0 aliphatic heterocycles. The summed E-state index contributed by atoms with van der Waals surface area (Å²) in [5.74, 6) is 1.02. The highest BCUT2D eigenvalue weighted by Crippen LogP contribution is 2.16. The maximum atomic E-state index is 4.76. The molecule has 2 aromatic carbocycles. The number of aromatic amines is 1. The van der Waals surface area contributed by atoms with Crippen LogP contribution >= 0.6 is 0 Å². The van der Waals surface area contributed by atoms with E-state index < -0.39 is 0 Å². The molecule has 0 amide bonds. The molecule has 0 radical (unpaired) electrons. The van der Waals surface area contributed by atoms with Crippen LogP contribution in [0.4, 0.5) is 0 Å². The van der Waals surface area contributed by atoms with Crippen LogP contribution in [0.1, 0.15) is 23.4 Å². The molecule has 0 bridgehead atoms. The summed E-state index contributed by atoms with van der Waals surface area (Å²) in [5, 5.41) is 0. The number of aromatic nitrogens is 4. The van der Waals surface area contributed by atoms with Gasteiger partial charge in [-0.25, -0.2) is 9.97 Å². The number of benzene rings is 2. The molecule has 5 nitrogen and oxygen atoms in total. The molecular formula is C22H25N5. The Morgan fingerprint density at radius 1 is 1.04 bits per heavy atom. The molecule has 1 N–H and O–H groups in total. The predicted molar refractivity (Wildman–Crippen MR) is 108 cm³/mol. The Labute approximate surface area is 159 Å². The zero-order valence-corrected chi connectivity index (χ0v) is 15.7. The number of imidazole rings is 2. The van der Waals surface area contributed by atoms with Gasteiger partial charge in [0.15, 0.2) is 0 Å². The number of H-pyrrole nitrogens is 1. The lowest BCUT2D eigenvalue weighted by molar-refractivity contribution is 0.243. The molecule has 27 heavy (non-hydrogen) atoms. The average molecular weight is 359 g/mol. The Morgan fingerprint density at radius 3 is 2.70 bits per heavy atom. The molecular weight excluding hydrogens is 334 g/mol. The van der Waals surface area contributed by atoms with E-state index in [-0.39, 0.29) is 0 Å². The molecule has 4 aromatic rings. The van der Waals surface area contributed by atoms with Gasteiger partial charge in [0, 0.05) is 32.0 Å². The fourth-order valence-electron chi connectivity index (χ4n) is 3.43. The highest BCUT2D eigenvalue weighted by atomic mass is 15.2. The first-order valence-corrected chi connectivity index (χ1v) is 9.44. The molecule has 0 aliphatic rings. The third-order valence-corrected chi connectivity index (χ3v) is 4.92. The van der Waals surface area contributed by atoms with Crippen molar-refractivity contribution >= 4 is 11.0 Å². The lowest BCUT2D eigenvalue weighted by Crippen LogP contribution is -2.25. The van der Waals surface area contributed by atoms with Crippen molar-refractivity contribution in [3.63, 3.8) is 0 Å². The van der Waals surface area contributed by atoms with Gasteiger partial charge in [0.25, 0.3) is 0 Å². The molecule has 2 heterocycles. The number of aryl methyl sites for hydroxylation is 2. The molecule has 0 fully saturated rings. The van der Waals surface area contributed by atoms with E-state index in [2.05, 4.69) is 62.8 Å². The van der Waals surface area contributed by atoms with Crippen LogP contribution < -0.4 is 0 Å². The van der Waals surface area contributed by atoms with Gasteiger partial charge in [-0.2, -0.15) is 0 Å². The molecule has 2 aromatic heterocycles. The second-order valence-electron chi connectivity index (χ2n) is 6.99. The normalized spacial score (nSPS) is 11.5. The van der Waals surface area contributed by atoms with Crippen LogP contribution in [-0.2, 0) is 19.6 Å². The van der Waals surface area contributed by atoms with Crippen molar-refractivity contribution in [3.05, 3.63) is 84.2 Å². The second kappa shape index (κ2) is 8.18. The standard InChI is InChI=1S/C22H25N5/c1-18-7-2-3-8-19(18)15-27(13-6-12-26-14-11-23-17-26)16-22-24-20-9-4-5-10-21(20)25-22/h2-5,7-11,14,17H,6,12-13,15-16H2,1H3,(H,24,25). The third kappa shape index (κ3) is 4.44.